The van der Waals surface area contributed by atoms with E-state index < -0.39 is 16.0 Å². The predicted molar refractivity (Wildman–Crippen MR) is 72.0 cm³/mol. The molecule has 2 aromatic rings. The van der Waals surface area contributed by atoms with Crippen LogP contribution in [-0.2, 0) is 27.8 Å². The van der Waals surface area contributed by atoms with Gasteiger partial charge >= 0.3 is 5.97 Å². The van der Waals surface area contributed by atoms with Gasteiger partial charge in [0, 0.05) is 31.1 Å². The third kappa shape index (κ3) is 4.39. The van der Waals surface area contributed by atoms with Crippen LogP contribution < -0.4 is 4.72 Å². The van der Waals surface area contributed by atoms with Gasteiger partial charge in [-0.1, -0.05) is 0 Å². The quantitative estimate of drug-likeness (QED) is 0.608. The first-order chi connectivity index (χ1) is 9.97. The van der Waals surface area contributed by atoms with Crippen LogP contribution in [0.5, 0.6) is 0 Å². The molecule has 9 nitrogen and oxygen atoms in total. The molecule has 2 aromatic heterocycles. The maximum atomic E-state index is 12.0. The van der Waals surface area contributed by atoms with Crippen molar-refractivity contribution >= 4 is 16.0 Å². The number of aromatic nitrogens is 4. The van der Waals surface area contributed by atoms with Crippen molar-refractivity contribution < 1.29 is 18.3 Å². The summed E-state index contributed by atoms with van der Waals surface area (Å²) in [5.41, 5.74) is 0.829. The zero-order chi connectivity index (χ0) is 15.3. The molecule has 3 N–H and O–H groups in total. The van der Waals surface area contributed by atoms with Crippen molar-refractivity contribution in [1.82, 2.24) is 24.5 Å². The standard InChI is InChI=1S/C11H15N5O4S/c17-11(18)2-4-16-7-10(6-14-16)21(19,20)15-3-1-9-5-12-8-13-9/h5-8,15H,1-4H2,(H,12,13)(H,17,18). The first-order valence-corrected chi connectivity index (χ1v) is 7.67. The fourth-order valence-electron chi connectivity index (χ4n) is 1.64. The predicted octanol–water partition coefficient (Wildman–Crippen LogP) is -0.398. The van der Waals surface area contributed by atoms with Crippen molar-refractivity contribution in [1.29, 1.82) is 0 Å². The van der Waals surface area contributed by atoms with Gasteiger partial charge in [0.2, 0.25) is 10.0 Å². The number of hydrogen-bond donors (Lipinski definition) is 3. The molecule has 0 amide bonds. The molecular weight excluding hydrogens is 298 g/mol. The smallest absolute Gasteiger partial charge is 0.305 e. The molecule has 114 valence electrons. The molecule has 0 aliphatic rings. The maximum Gasteiger partial charge on any atom is 0.305 e. The Bertz CT molecular complexity index is 692. The summed E-state index contributed by atoms with van der Waals surface area (Å²) in [6, 6.07) is 0. The molecule has 0 unspecified atom stereocenters. The summed E-state index contributed by atoms with van der Waals surface area (Å²) in [7, 11) is -3.65. The highest BCUT2D eigenvalue weighted by Gasteiger charge is 2.16. The minimum absolute atomic E-state index is 0.0116. The molecule has 2 rings (SSSR count). The first-order valence-electron chi connectivity index (χ1n) is 6.18. The van der Waals surface area contributed by atoms with Crippen molar-refractivity contribution in [3.63, 3.8) is 0 Å². The lowest BCUT2D eigenvalue weighted by Gasteiger charge is -2.03. The Kier molecular flexibility index (Phi) is 4.70. The van der Waals surface area contributed by atoms with Gasteiger partial charge in [0.15, 0.2) is 0 Å². The van der Waals surface area contributed by atoms with Gasteiger partial charge in [0.1, 0.15) is 4.90 Å². The third-order valence-corrected chi connectivity index (χ3v) is 4.13. The number of nitrogens with zero attached hydrogens (tertiary/aromatic N) is 3. The van der Waals surface area contributed by atoms with Crippen LogP contribution in [0.4, 0.5) is 0 Å². The lowest BCUT2D eigenvalue weighted by molar-refractivity contribution is -0.137. The van der Waals surface area contributed by atoms with Crippen LogP contribution in [0.25, 0.3) is 0 Å². The van der Waals surface area contributed by atoms with Crippen LogP contribution in [-0.4, -0.2) is 45.8 Å². The summed E-state index contributed by atoms with van der Waals surface area (Å²) in [6.07, 6.45) is 6.03. The molecule has 0 saturated heterocycles. The van der Waals surface area contributed by atoms with E-state index in [0.717, 1.165) is 5.69 Å². The number of H-pyrrole nitrogens is 1. The van der Waals surface area contributed by atoms with Crippen LogP contribution in [0.1, 0.15) is 12.1 Å². The Morgan fingerprint density at radius 3 is 2.90 bits per heavy atom. The van der Waals surface area contributed by atoms with Gasteiger partial charge in [0.25, 0.3) is 0 Å². The Morgan fingerprint density at radius 1 is 1.43 bits per heavy atom. The summed E-state index contributed by atoms with van der Waals surface area (Å²) in [4.78, 5) is 17.2. The molecule has 0 aliphatic carbocycles. The number of rotatable bonds is 8. The Morgan fingerprint density at radius 2 is 2.24 bits per heavy atom. The second-order valence-corrected chi connectivity index (χ2v) is 6.07. The summed E-state index contributed by atoms with van der Waals surface area (Å²) in [5.74, 6) is -0.965. The Balaban J connectivity index is 1.91. The zero-order valence-electron chi connectivity index (χ0n) is 11.1. The highest BCUT2D eigenvalue weighted by Crippen LogP contribution is 2.07. The second-order valence-electron chi connectivity index (χ2n) is 4.31. The lowest BCUT2D eigenvalue weighted by Crippen LogP contribution is -2.25. The minimum atomic E-state index is -3.65. The second kappa shape index (κ2) is 6.50. The van der Waals surface area contributed by atoms with Crippen LogP contribution >= 0.6 is 0 Å². The zero-order valence-corrected chi connectivity index (χ0v) is 11.9. The van der Waals surface area contributed by atoms with Crippen molar-refractivity contribution in [2.75, 3.05) is 6.54 Å². The van der Waals surface area contributed by atoms with Crippen molar-refractivity contribution in [3.05, 3.63) is 30.6 Å². The van der Waals surface area contributed by atoms with Gasteiger partial charge < -0.3 is 10.1 Å². The summed E-state index contributed by atoms with van der Waals surface area (Å²) in [5, 5.41) is 12.4. The number of imidazole rings is 1. The monoisotopic (exact) mass is 313 g/mol. The van der Waals surface area contributed by atoms with E-state index in [0.29, 0.717) is 6.42 Å². The van der Waals surface area contributed by atoms with E-state index in [-0.39, 0.29) is 24.4 Å². The molecule has 0 aromatic carbocycles. The SMILES string of the molecule is O=C(O)CCn1cc(S(=O)(=O)NCCc2cnc[nH]2)cn1. The number of hydrogen-bond acceptors (Lipinski definition) is 5. The fourth-order valence-corrected chi connectivity index (χ4v) is 2.62. The van der Waals surface area contributed by atoms with E-state index >= 15 is 0 Å². The highest BCUT2D eigenvalue weighted by atomic mass is 32.2. The Labute approximate surface area is 121 Å². The molecule has 10 heteroatoms. The molecule has 2 heterocycles. The molecule has 0 spiro atoms. The van der Waals surface area contributed by atoms with Gasteiger partial charge in [0.05, 0.1) is 25.5 Å². The number of carboxylic acid groups (broad SMARTS) is 1. The minimum Gasteiger partial charge on any atom is -0.481 e. The molecule has 0 radical (unpaired) electrons. The number of carboxylic acids is 1. The largest absolute Gasteiger partial charge is 0.481 e. The van der Waals surface area contributed by atoms with Gasteiger partial charge in [-0.2, -0.15) is 5.10 Å². The van der Waals surface area contributed by atoms with Crippen LogP contribution in [0.2, 0.25) is 0 Å². The molecule has 0 saturated carbocycles. The number of carbonyl (C=O) groups is 1. The number of sulfonamides is 1. The van der Waals surface area contributed by atoms with Gasteiger partial charge in [-0.25, -0.2) is 18.1 Å². The molecular formula is C11H15N5O4S. The van der Waals surface area contributed by atoms with E-state index in [1.807, 2.05) is 0 Å². The maximum absolute atomic E-state index is 12.0. The van der Waals surface area contributed by atoms with Crippen molar-refractivity contribution in [2.24, 2.45) is 0 Å². The van der Waals surface area contributed by atoms with Gasteiger partial charge in [-0.3, -0.25) is 9.48 Å². The normalized spacial score (nSPS) is 11.6. The lowest BCUT2D eigenvalue weighted by atomic mass is 10.3. The van der Waals surface area contributed by atoms with E-state index in [9.17, 15) is 13.2 Å². The summed E-state index contributed by atoms with van der Waals surface area (Å²) in [6.45, 7) is 0.351. The number of aromatic amines is 1. The van der Waals surface area contributed by atoms with Gasteiger partial charge in [-0.15, -0.1) is 0 Å². The average molecular weight is 313 g/mol. The number of aryl methyl sites for hydroxylation is 1. The van der Waals surface area contributed by atoms with Crippen LogP contribution in [0, 0.1) is 0 Å². The topological polar surface area (TPSA) is 130 Å². The van der Waals surface area contributed by atoms with Crippen molar-refractivity contribution in [3.8, 4) is 0 Å². The first kappa shape index (κ1) is 15.2. The molecule has 21 heavy (non-hydrogen) atoms. The summed E-state index contributed by atoms with van der Waals surface area (Å²) < 4.78 is 27.7. The molecule has 0 bridgehead atoms. The third-order valence-electron chi connectivity index (χ3n) is 2.72. The Hall–Kier alpha value is -2.20. The van der Waals surface area contributed by atoms with E-state index in [1.54, 1.807) is 6.20 Å². The van der Waals surface area contributed by atoms with Crippen molar-refractivity contribution in [2.45, 2.75) is 24.3 Å². The summed E-state index contributed by atoms with van der Waals surface area (Å²) >= 11 is 0. The van der Waals surface area contributed by atoms with E-state index in [4.69, 9.17) is 5.11 Å². The average Bonchev–Trinajstić information content (AvgIpc) is 3.07. The fraction of sp³-hybridized carbons (Fsp3) is 0.364. The van der Waals surface area contributed by atoms with Crippen LogP contribution in [0.15, 0.2) is 29.8 Å². The molecule has 0 atom stereocenters. The van der Waals surface area contributed by atoms with Gasteiger partial charge in [-0.05, 0) is 0 Å². The number of nitrogens with one attached hydrogen (secondary N) is 2. The van der Waals surface area contributed by atoms with E-state index in [1.165, 1.54) is 23.4 Å². The van der Waals surface area contributed by atoms with E-state index in [2.05, 4.69) is 19.8 Å². The number of aliphatic carboxylic acids is 1. The highest BCUT2D eigenvalue weighted by molar-refractivity contribution is 7.89. The van der Waals surface area contributed by atoms with Crippen LogP contribution in [0.3, 0.4) is 0 Å². The molecule has 0 fully saturated rings. The molecule has 0 aliphatic heterocycles.